The fraction of sp³-hybridized carbons (Fsp3) is 0.462. The van der Waals surface area contributed by atoms with Crippen molar-refractivity contribution in [2.24, 2.45) is 16.6 Å². The van der Waals surface area contributed by atoms with Gasteiger partial charge < -0.3 is 11.1 Å². The van der Waals surface area contributed by atoms with Gasteiger partial charge in [-0.1, -0.05) is 18.6 Å². The first-order chi connectivity index (χ1) is 8.24. The van der Waals surface area contributed by atoms with Crippen molar-refractivity contribution >= 4 is 5.96 Å². The number of nitrogens with two attached hydrogens (primary N) is 1. The molecule has 0 atom stereocenters. The van der Waals surface area contributed by atoms with E-state index in [-0.39, 0.29) is 5.82 Å². The summed E-state index contributed by atoms with van der Waals surface area (Å²) in [5, 5.41) is 3.12. The fourth-order valence-electron chi connectivity index (χ4n) is 1.77. The quantitative estimate of drug-likeness (QED) is 0.619. The molecule has 1 fully saturated rings. The van der Waals surface area contributed by atoms with Crippen molar-refractivity contribution in [3.8, 4) is 0 Å². The molecule has 0 bridgehead atoms. The number of hydrogen-bond donors (Lipinski definition) is 2. The van der Waals surface area contributed by atoms with E-state index in [2.05, 4.69) is 10.3 Å². The van der Waals surface area contributed by atoms with Crippen LogP contribution in [0, 0.1) is 11.7 Å². The molecule has 4 heteroatoms. The topological polar surface area (TPSA) is 50.4 Å². The van der Waals surface area contributed by atoms with Crippen LogP contribution < -0.4 is 11.1 Å². The van der Waals surface area contributed by atoms with Crippen LogP contribution in [0.4, 0.5) is 4.39 Å². The predicted octanol–water partition coefficient (Wildman–Crippen LogP) is 2.03. The van der Waals surface area contributed by atoms with E-state index in [0.29, 0.717) is 12.5 Å². The molecule has 0 radical (unpaired) electrons. The summed E-state index contributed by atoms with van der Waals surface area (Å²) in [4.78, 5) is 4.22. The molecule has 2 rings (SSSR count). The number of hydrogen-bond acceptors (Lipinski definition) is 1. The van der Waals surface area contributed by atoms with Crippen LogP contribution in [0.2, 0.25) is 0 Å². The predicted molar refractivity (Wildman–Crippen MR) is 67.1 cm³/mol. The van der Waals surface area contributed by atoms with E-state index in [1.165, 1.54) is 31.4 Å². The first kappa shape index (κ1) is 11.9. The first-order valence-corrected chi connectivity index (χ1v) is 6.02. The van der Waals surface area contributed by atoms with Gasteiger partial charge in [0.05, 0.1) is 6.54 Å². The molecule has 1 aliphatic rings. The Bertz CT molecular complexity index is 382. The van der Waals surface area contributed by atoms with Crippen molar-refractivity contribution in [3.05, 3.63) is 35.6 Å². The van der Waals surface area contributed by atoms with Crippen LogP contribution in [-0.2, 0) is 6.54 Å². The summed E-state index contributed by atoms with van der Waals surface area (Å²) in [6.45, 7) is 1.41. The minimum Gasteiger partial charge on any atom is -0.370 e. The molecule has 3 nitrogen and oxygen atoms in total. The normalized spacial score (nSPS) is 16.6. The Morgan fingerprint density at radius 1 is 1.35 bits per heavy atom. The number of aliphatic imine (C=N–C) groups is 1. The molecule has 1 aromatic rings. The number of rotatable bonds is 4. The third kappa shape index (κ3) is 3.73. The Labute approximate surface area is 101 Å². The molecule has 0 aliphatic heterocycles. The second-order valence-corrected chi connectivity index (χ2v) is 4.51. The van der Waals surface area contributed by atoms with Gasteiger partial charge >= 0.3 is 0 Å². The first-order valence-electron chi connectivity index (χ1n) is 6.02. The zero-order valence-electron chi connectivity index (χ0n) is 9.82. The van der Waals surface area contributed by atoms with Gasteiger partial charge in [-0.15, -0.1) is 0 Å². The Hall–Kier alpha value is -1.58. The van der Waals surface area contributed by atoms with Crippen LogP contribution in [0.3, 0.4) is 0 Å². The maximum Gasteiger partial charge on any atom is 0.188 e. The molecule has 92 valence electrons. The second-order valence-electron chi connectivity index (χ2n) is 4.51. The van der Waals surface area contributed by atoms with Crippen LogP contribution in [0.25, 0.3) is 0 Å². The summed E-state index contributed by atoms with van der Waals surface area (Å²) in [6.07, 6.45) is 3.91. The lowest BCUT2D eigenvalue weighted by Crippen LogP contribution is -2.37. The highest BCUT2D eigenvalue weighted by Crippen LogP contribution is 2.24. The fourth-order valence-corrected chi connectivity index (χ4v) is 1.77. The molecule has 0 saturated heterocycles. The Balaban J connectivity index is 1.76. The number of nitrogens with zero attached hydrogens (tertiary/aromatic N) is 1. The van der Waals surface area contributed by atoms with Gasteiger partial charge in [0, 0.05) is 6.54 Å². The van der Waals surface area contributed by atoms with Crippen molar-refractivity contribution in [1.29, 1.82) is 0 Å². The zero-order chi connectivity index (χ0) is 12.1. The molecule has 1 aromatic carbocycles. The van der Waals surface area contributed by atoms with E-state index >= 15 is 0 Å². The van der Waals surface area contributed by atoms with Crippen LogP contribution in [0.1, 0.15) is 24.8 Å². The van der Waals surface area contributed by atoms with E-state index in [9.17, 15) is 4.39 Å². The lowest BCUT2D eigenvalue weighted by Gasteiger charge is -2.25. The van der Waals surface area contributed by atoms with E-state index < -0.39 is 0 Å². The van der Waals surface area contributed by atoms with E-state index in [0.717, 1.165) is 18.0 Å². The Morgan fingerprint density at radius 2 is 2.06 bits per heavy atom. The van der Waals surface area contributed by atoms with Gasteiger partial charge in [-0.05, 0) is 36.5 Å². The molecular weight excluding hydrogens is 217 g/mol. The zero-order valence-corrected chi connectivity index (χ0v) is 9.82. The maximum atomic E-state index is 12.7. The molecule has 17 heavy (non-hydrogen) atoms. The lowest BCUT2D eigenvalue weighted by molar-refractivity contribution is 0.315. The summed E-state index contributed by atoms with van der Waals surface area (Å²) in [5.74, 6) is 1.00. The average molecular weight is 235 g/mol. The third-order valence-electron chi connectivity index (χ3n) is 3.14. The van der Waals surface area contributed by atoms with Crippen LogP contribution in [0.15, 0.2) is 29.3 Å². The monoisotopic (exact) mass is 235 g/mol. The minimum absolute atomic E-state index is 0.228. The molecule has 0 amide bonds. The van der Waals surface area contributed by atoms with Crippen molar-refractivity contribution in [3.63, 3.8) is 0 Å². The highest BCUT2D eigenvalue weighted by Gasteiger charge is 2.16. The van der Waals surface area contributed by atoms with Crippen molar-refractivity contribution in [2.45, 2.75) is 25.8 Å². The maximum absolute atomic E-state index is 12.7. The summed E-state index contributed by atoms with van der Waals surface area (Å²) in [5.41, 5.74) is 6.70. The summed E-state index contributed by atoms with van der Waals surface area (Å²) in [7, 11) is 0. The number of halogens is 1. The molecule has 1 aliphatic carbocycles. The van der Waals surface area contributed by atoms with Gasteiger partial charge in [0.15, 0.2) is 5.96 Å². The van der Waals surface area contributed by atoms with E-state index in [4.69, 9.17) is 5.73 Å². The number of benzene rings is 1. The molecule has 1 saturated carbocycles. The molecule has 0 unspecified atom stereocenters. The van der Waals surface area contributed by atoms with Crippen LogP contribution in [-0.4, -0.2) is 12.5 Å². The number of guanidine groups is 1. The highest BCUT2D eigenvalue weighted by atomic mass is 19.1. The van der Waals surface area contributed by atoms with Crippen LogP contribution in [0.5, 0.6) is 0 Å². The van der Waals surface area contributed by atoms with E-state index in [1.54, 1.807) is 12.1 Å². The summed E-state index contributed by atoms with van der Waals surface area (Å²) >= 11 is 0. The second kappa shape index (κ2) is 5.66. The van der Waals surface area contributed by atoms with Crippen molar-refractivity contribution < 1.29 is 4.39 Å². The molecule has 0 aromatic heterocycles. The van der Waals surface area contributed by atoms with Crippen molar-refractivity contribution in [2.75, 3.05) is 6.54 Å². The van der Waals surface area contributed by atoms with Gasteiger partial charge in [0.2, 0.25) is 0 Å². The summed E-state index contributed by atoms with van der Waals surface area (Å²) in [6, 6.07) is 6.31. The van der Waals surface area contributed by atoms with Gasteiger partial charge in [0.25, 0.3) is 0 Å². The van der Waals surface area contributed by atoms with Gasteiger partial charge in [-0.2, -0.15) is 0 Å². The third-order valence-corrected chi connectivity index (χ3v) is 3.14. The van der Waals surface area contributed by atoms with Gasteiger partial charge in [0.1, 0.15) is 5.82 Å². The molecular formula is C13H18FN3. The van der Waals surface area contributed by atoms with Gasteiger partial charge in [-0.25, -0.2) is 9.38 Å². The number of nitrogens with one attached hydrogen (secondary N) is 1. The largest absolute Gasteiger partial charge is 0.370 e. The van der Waals surface area contributed by atoms with Gasteiger partial charge in [-0.3, -0.25) is 0 Å². The summed E-state index contributed by atoms with van der Waals surface area (Å²) < 4.78 is 12.7. The standard InChI is InChI=1S/C13H18FN3/c14-12-6-4-11(5-7-12)9-17-13(15)16-8-10-2-1-3-10/h4-7,10H,1-3,8-9H2,(H3,15,16,17). The van der Waals surface area contributed by atoms with Crippen molar-refractivity contribution in [1.82, 2.24) is 5.32 Å². The molecule has 3 N–H and O–H groups in total. The molecule has 0 heterocycles. The lowest BCUT2D eigenvalue weighted by atomic mass is 9.85. The Kier molecular flexibility index (Phi) is 3.96. The van der Waals surface area contributed by atoms with E-state index in [1.807, 2.05) is 0 Å². The molecule has 0 spiro atoms. The van der Waals surface area contributed by atoms with Crippen LogP contribution >= 0.6 is 0 Å². The minimum atomic E-state index is -0.228. The SMILES string of the molecule is NC(=NCc1ccc(F)cc1)NCC1CCC1. The smallest absolute Gasteiger partial charge is 0.188 e. The Morgan fingerprint density at radius 3 is 2.65 bits per heavy atom. The average Bonchev–Trinajstić information content (AvgIpc) is 2.26. The highest BCUT2D eigenvalue weighted by molar-refractivity contribution is 5.77.